The second-order valence-corrected chi connectivity index (χ2v) is 4.81. The highest BCUT2D eigenvalue weighted by Crippen LogP contribution is 2.19. The Morgan fingerprint density at radius 2 is 2.26 bits per heavy atom. The molecule has 1 aromatic rings. The van der Waals surface area contributed by atoms with Gasteiger partial charge in [0.25, 0.3) is 0 Å². The van der Waals surface area contributed by atoms with Crippen LogP contribution in [0.3, 0.4) is 0 Å². The molecule has 1 aliphatic heterocycles. The Hall–Kier alpha value is -1.91. The Labute approximate surface area is 113 Å². The molecule has 0 bridgehead atoms. The van der Waals surface area contributed by atoms with Crippen molar-refractivity contribution in [2.45, 2.75) is 32.7 Å². The first-order valence-corrected chi connectivity index (χ1v) is 6.61. The maximum Gasteiger partial charge on any atom is 0.217 e. The average Bonchev–Trinajstić information content (AvgIpc) is 2.85. The van der Waals surface area contributed by atoms with Crippen LogP contribution in [0.25, 0.3) is 0 Å². The fourth-order valence-electron chi connectivity index (χ4n) is 2.32. The van der Waals surface area contributed by atoms with Gasteiger partial charge < -0.3 is 10.2 Å². The number of nitrogens with zero attached hydrogens (tertiary/aromatic N) is 2. The molecule has 0 aromatic carbocycles. The van der Waals surface area contributed by atoms with Gasteiger partial charge >= 0.3 is 0 Å². The molecular formula is C14H19N3O2. The Bertz CT molecular complexity index is 470. The zero-order valence-electron chi connectivity index (χ0n) is 11.3. The van der Waals surface area contributed by atoms with Crippen molar-refractivity contribution in [2.24, 2.45) is 0 Å². The normalized spacial score (nSPS) is 18.4. The van der Waals surface area contributed by atoms with Crippen molar-refractivity contribution in [1.29, 1.82) is 0 Å². The Kier molecular flexibility index (Phi) is 4.14. The third kappa shape index (κ3) is 3.30. The molecule has 5 heteroatoms. The van der Waals surface area contributed by atoms with Crippen molar-refractivity contribution in [3.63, 3.8) is 0 Å². The molecule has 0 aliphatic carbocycles. The number of hydrogen-bond acceptors (Lipinski definition) is 4. The Morgan fingerprint density at radius 1 is 1.47 bits per heavy atom. The van der Waals surface area contributed by atoms with E-state index < -0.39 is 0 Å². The van der Waals surface area contributed by atoms with E-state index in [-0.39, 0.29) is 17.7 Å². The van der Waals surface area contributed by atoms with E-state index in [1.54, 1.807) is 12.3 Å². The fourth-order valence-corrected chi connectivity index (χ4v) is 2.32. The third-order valence-corrected chi connectivity index (χ3v) is 3.32. The molecule has 102 valence electrons. The van der Waals surface area contributed by atoms with Crippen LogP contribution in [-0.4, -0.2) is 35.8 Å². The molecule has 0 saturated carbocycles. The first-order chi connectivity index (χ1) is 9.10. The van der Waals surface area contributed by atoms with Crippen molar-refractivity contribution in [2.75, 3.05) is 18.0 Å². The maximum absolute atomic E-state index is 11.5. The molecule has 0 spiro atoms. The largest absolute Gasteiger partial charge is 0.368 e. The summed E-state index contributed by atoms with van der Waals surface area (Å²) in [5, 5.41) is 2.93. The molecule has 2 rings (SSSR count). The molecular weight excluding hydrogens is 242 g/mol. The second kappa shape index (κ2) is 5.82. The topological polar surface area (TPSA) is 62.3 Å². The van der Waals surface area contributed by atoms with Gasteiger partial charge in [0, 0.05) is 32.5 Å². The van der Waals surface area contributed by atoms with Crippen molar-refractivity contribution in [3.05, 3.63) is 24.0 Å². The number of carbonyl (C=O) groups excluding carboxylic acids is 2. The number of amides is 1. The molecule has 1 aliphatic rings. The average molecular weight is 261 g/mol. The van der Waals surface area contributed by atoms with Crippen LogP contribution in [-0.2, 0) is 4.79 Å². The Morgan fingerprint density at radius 3 is 2.84 bits per heavy atom. The van der Waals surface area contributed by atoms with Gasteiger partial charge in [-0.05, 0) is 18.6 Å². The fraction of sp³-hybridized carbons (Fsp3) is 0.500. The summed E-state index contributed by atoms with van der Waals surface area (Å²) in [5.74, 6) is 0.0676. The SMILES string of the molecule is CCC(=O)c1ccc(N2CCC(NC(C)=O)C2)cn1. The standard InChI is InChI=1S/C14H19N3O2/c1-3-14(19)13-5-4-12(8-15-13)17-7-6-11(9-17)16-10(2)18/h4-5,8,11H,3,6-7,9H2,1-2H3,(H,16,18). The zero-order chi connectivity index (χ0) is 13.8. The molecule has 5 nitrogen and oxygen atoms in total. The van der Waals surface area contributed by atoms with E-state index in [4.69, 9.17) is 0 Å². The zero-order valence-corrected chi connectivity index (χ0v) is 11.3. The monoisotopic (exact) mass is 261 g/mol. The molecule has 1 unspecified atom stereocenters. The van der Waals surface area contributed by atoms with E-state index in [1.165, 1.54) is 6.92 Å². The minimum Gasteiger partial charge on any atom is -0.368 e. The van der Waals surface area contributed by atoms with Crippen LogP contribution in [0.4, 0.5) is 5.69 Å². The predicted octanol–water partition coefficient (Wildman–Crippen LogP) is 1.39. The number of anilines is 1. The lowest BCUT2D eigenvalue weighted by Crippen LogP contribution is -2.35. The van der Waals surface area contributed by atoms with E-state index in [1.807, 2.05) is 13.0 Å². The second-order valence-electron chi connectivity index (χ2n) is 4.81. The molecule has 1 N–H and O–H groups in total. The number of carbonyl (C=O) groups is 2. The van der Waals surface area contributed by atoms with Gasteiger partial charge in [0.05, 0.1) is 11.9 Å². The van der Waals surface area contributed by atoms with Crippen molar-refractivity contribution in [3.8, 4) is 0 Å². The van der Waals surface area contributed by atoms with Gasteiger partial charge in [-0.25, -0.2) is 0 Å². The maximum atomic E-state index is 11.5. The smallest absolute Gasteiger partial charge is 0.217 e. The summed E-state index contributed by atoms with van der Waals surface area (Å²) in [4.78, 5) is 28.9. The van der Waals surface area contributed by atoms with E-state index in [0.717, 1.165) is 25.2 Å². The first kappa shape index (κ1) is 13.5. The summed E-state index contributed by atoms with van der Waals surface area (Å²) in [6.45, 7) is 5.06. The van der Waals surface area contributed by atoms with E-state index in [9.17, 15) is 9.59 Å². The third-order valence-electron chi connectivity index (χ3n) is 3.32. The molecule has 1 saturated heterocycles. The van der Waals surface area contributed by atoms with Crippen molar-refractivity contribution >= 4 is 17.4 Å². The summed E-state index contributed by atoms with van der Waals surface area (Å²) < 4.78 is 0. The highest BCUT2D eigenvalue weighted by atomic mass is 16.1. The van der Waals surface area contributed by atoms with Crippen molar-refractivity contribution < 1.29 is 9.59 Å². The van der Waals surface area contributed by atoms with Crippen molar-refractivity contribution in [1.82, 2.24) is 10.3 Å². The van der Waals surface area contributed by atoms with E-state index in [2.05, 4.69) is 15.2 Å². The molecule has 1 aromatic heterocycles. The number of Topliss-reactive ketones (excluding diaryl/α,β-unsaturated/α-hetero) is 1. The molecule has 0 radical (unpaired) electrons. The van der Waals surface area contributed by atoms with Gasteiger partial charge in [-0.2, -0.15) is 0 Å². The van der Waals surface area contributed by atoms with Crippen LogP contribution >= 0.6 is 0 Å². The van der Waals surface area contributed by atoms with Crippen LogP contribution < -0.4 is 10.2 Å². The Balaban J connectivity index is 2.00. The molecule has 19 heavy (non-hydrogen) atoms. The van der Waals surface area contributed by atoms with Crippen LogP contribution in [0.15, 0.2) is 18.3 Å². The van der Waals surface area contributed by atoms with Gasteiger partial charge in [-0.15, -0.1) is 0 Å². The molecule has 1 amide bonds. The molecule has 2 heterocycles. The van der Waals surface area contributed by atoms with Gasteiger partial charge in [0.15, 0.2) is 5.78 Å². The number of aromatic nitrogens is 1. The number of ketones is 1. The predicted molar refractivity (Wildman–Crippen MR) is 73.3 cm³/mol. The van der Waals surface area contributed by atoms with Crippen LogP contribution in [0, 0.1) is 0 Å². The number of nitrogens with one attached hydrogen (secondary N) is 1. The van der Waals surface area contributed by atoms with Crippen LogP contribution in [0.2, 0.25) is 0 Å². The van der Waals surface area contributed by atoms with Gasteiger partial charge in [-0.1, -0.05) is 6.92 Å². The number of rotatable bonds is 4. The minimum atomic E-state index is 0.00821. The summed E-state index contributed by atoms with van der Waals surface area (Å²) in [6.07, 6.45) is 3.15. The lowest BCUT2D eigenvalue weighted by Gasteiger charge is -2.18. The lowest BCUT2D eigenvalue weighted by atomic mass is 10.2. The van der Waals surface area contributed by atoms with Crippen LogP contribution in [0.1, 0.15) is 37.2 Å². The lowest BCUT2D eigenvalue weighted by molar-refractivity contribution is -0.119. The minimum absolute atomic E-state index is 0.00821. The van der Waals surface area contributed by atoms with E-state index >= 15 is 0 Å². The quantitative estimate of drug-likeness (QED) is 0.832. The first-order valence-electron chi connectivity index (χ1n) is 6.61. The highest BCUT2D eigenvalue weighted by Gasteiger charge is 2.23. The summed E-state index contributed by atoms with van der Waals surface area (Å²) in [6, 6.07) is 3.90. The molecule has 1 fully saturated rings. The summed E-state index contributed by atoms with van der Waals surface area (Å²) >= 11 is 0. The van der Waals surface area contributed by atoms with Gasteiger partial charge in [-0.3, -0.25) is 14.6 Å². The van der Waals surface area contributed by atoms with Crippen LogP contribution in [0.5, 0.6) is 0 Å². The van der Waals surface area contributed by atoms with Gasteiger partial charge in [0.2, 0.25) is 5.91 Å². The molecule has 1 atom stereocenters. The van der Waals surface area contributed by atoms with Gasteiger partial charge in [0.1, 0.15) is 5.69 Å². The van der Waals surface area contributed by atoms with E-state index in [0.29, 0.717) is 12.1 Å². The summed E-state index contributed by atoms with van der Waals surface area (Å²) in [7, 11) is 0. The number of hydrogen-bond donors (Lipinski definition) is 1. The number of pyridine rings is 1. The summed E-state index contributed by atoms with van der Waals surface area (Å²) in [5.41, 5.74) is 1.52. The highest BCUT2D eigenvalue weighted by molar-refractivity contribution is 5.94.